The molecule has 1 amide bonds. The molecule has 2 rings (SSSR count). The van der Waals surface area contributed by atoms with E-state index in [0.29, 0.717) is 25.5 Å². The van der Waals surface area contributed by atoms with Crippen molar-refractivity contribution in [3.05, 3.63) is 34.3 Å². The molecule has 1 saturated heterocycles. The normalized spacial score (nSPS) is 15.6. The maximum Gasteiger partial charge on any atom is 0.224 e. The third kappa shape index (κ3) is 5.53. The molecule has 1 aromatic carbocycles. The molecule has 1 fully saturated rings. The minimum absolute atomic E-state index is 0.0796. The first-order valence-electron chi connectivity index (χ1n) is 8.10. The fraction of sp³-hybridized carbons (Fsp3) is 0.529. The predicted molar refractivity (Wildman–Crippen MR) is 97.1 cm³/mol. The van der Waals surface area contributed by atoms with Gasteiger partial charge in [0, 0.05) is 37.6 Å². The number of halogens is 1. The predicted octanol–water partition coefficient (Wildman–Crippen LogP) is 2.60. The van der Waals surface area contributed by atoms with Gasteiger partial charge in [0.05, 0.1) is 6.54 Å². The molecule has 0 aromatic heterocycles. The van der Waals surface area contributed by atoms with Crippen molar-refractivity contribution in [3.63, 3.8) is 0 Å². The summed E-state index contributed by atoms with van der Waals surface area (Å²) >= 11 is 3.51. The maximum absolute atomic E-state index is 12.2. The molecule has 1 aromatic rings. The minimum Gasteiger partial charge on any atom is -0.370 e. The lowest BCUT2D eigenvalue weighted by molar-refractivity contribution is -0.130. The largest absolute Gasteiger partial charge is 0.370 e. The van der Waals surface area contributed by atoms with Crippen molar-refractivity contribution >= 4 is 27.8 Å². The van der Waals surface area contributed by atoms with Gasteiger partial charge in [-0.3, -0.25) is 9.79 Å². The molecule has 2 N–H and O–H groups in total. The van der Waals surface area contributed by atoms with Gasteiger partial charge in [-0.05, 0) is 30.9 Å². The fourth-order valence-corrected chi connectivity index (χ4v) is 3.06. The summed E-state index contributed by atoms with van der Waals surface area (Å²) < 4.78 is 1.02. The third-order valence-electron chi connectivity index (χ3n) is 4.07. The van der Waals surface area contributed by atoms with Crippen molar-refractivity contribution in [3.8, 4) is 0 Å². The highest BCUT2D eigenvalue weighted by Gasteiger charge is 2.13. The summed E-state index contributed by atoms with van der Waals surface area (Å²) in [6.07, 6.45) is 3.99. The summed E-state index contributed by atoms with van der Waals surface area (Å²) in [4.78, 5) is 20.4. The summed E-state index contributed by atoms with van der Waals surface area (Å²) in [6, 6.07) is 7.94. The molecule has 1 heterocycles. The summed E-state index contributed by atoms with van der Waals surface area (Å²) in [5, 5.41) is 0. The molecule has 126 valence electrons. The van der Waals surface area contributed by atoms with E-state index >= 15 is 0 Å². The van der Waals surface area contributed by atoms with Crippen LogP contribution in [0.1, 0.15) is 31.2 Å². The van der Waals surface area contributed by atoms with Crippen molar-refractivity contribution in [2.45, 2.75) is 32.2 Å². The number of piperidine rings is 1. The van der Waals surface area contributed by atoms with Crippen LogP contribution in [0.15, 0.2) is 33.7 Å². The highest BCUT2D eigenvalue weighted by Crippen LogP contribution is 2.17. The zero-order valence-electron chi connectivity index (χ0n) is 13.7. The van der Waals surface area contributed by atoms with Gasteiger partial charge >= 0.3 is 0 Å². The molecule has 0 radical (unpaired) electrons. The Morgan fingerprint density at radius 1 is 1.30 bits per heavy atom. The quantitative estimate of drug-likeness (QED) is 0.630. The van der Waals surface area contributed by atoms with Crippen LogP contribution in [0.25, 0.3) is 0 Å². The monoisotopic (exact) mass is 380 g/mol. The summed E-state index contributed by atoms with van der Waals surface area (Å²) in [7, 11) is 1.82. The van der Waals surface area contributed by atoms with Gasteiger partial charge in [0.1, 0.15) is 0 Å². The maximum atomic E-state index is 12.2. The molecule has 5 nitrogen and oxygen atoms in total. The number of nitrogens with zero attached hydrogens (tertiary/aromatic N) is 3. The Bertz CT molecular complexity index is 555. The van der Waals surface area contributed by atoms with E-state index in [4.69, 9.17) is 5.73 Å². The van der Waals surface area contributed by atoms with Gasteiger partial charge in [0.15, 0.2) is 5.96 Å². The Morgan fingerprint density at radius 3 is 2.70 bits per heavy atom. The van der Waals surface area contributed by atoms with Gasteiger partial charge in [-0.25, -0.2) is 0 Å². The zero-order chi connectivity index (χ0) is 16.7. The molecular formula is C17H25BrN4O. The minimum atomic E-state index is 0.0796. The lowest BCUT2D eigenvalue weighted by Gasteiger charge is -2.27. The number of guanidine groups is 1. The molecule has 0 spiro atoms. The number of likely N-dealkylation sites (tertiary alicyclic amines) is 1. The number of carbonyl (C=O) groups excluding carboxylic acids is 1. The van der Waals surface area contributed by atoms with E-state index in [0.717, 1.165) is 23.1 Å². The number of hydrogen-bond donors (Lipinski definition) is 1. The highest BCUT2D eigenvalue weighted by molar-refractivity contribution is 9.10. The second-order valence-corrected chi connectivity index (χ2v) is 6.73. The van der Waals surface area contributed by atoms with Gasteiger partial charge in [0.25, 0.3) is 0 Å². The first-order valence-corrected chi connectivity index (χ1v) is 8.89. The van der Waals surface area contributed by atoms with Crippen LogP contribution in [-0.2, 0) is 11.3 Å². The van der Waals surface area contributed by atoms with Gasteiger partial charge in [-0.2, -0.15) is 0 Å². The van der Waals surface area contributed by atoms with E-state index in [2.05, 4.69) is 25.8 Å². The SMILES string of the molecule is CN(Cc1ccccc1Br)C(=O)CCN=C(N)N1CCCCC1. The Labute approximate surface area is 146 Å². The van der Waals surface area contributed by atoms with Gasteiger partial charge < -0.3 is 15.5 Å². The second-order valence-electron chi connectivity index (χ2n) is 5.88. The van der Waals surface area contributed by atoms with Crippen molar-refractivity contribution in [2.24, 2.45) is 10.7 Å². The molecule has 0 saturated carbocycles. The Morgan fingerprint density at radius 2 is 2.00 bits per heavy atom. The lowest BCUT2D eigenvalue weighted by Crippen LogP contribution is -2.41. The number of rotatable bonds is 5. The van der Waals surface area contributed by atoms with Crippen LogP contribution < -0.4 is 5.73 Å². The number of amides is 1. The standard InChI is InChI=1S/C17H25BrN4O/c1-21(13-14-7-3-4-8-15(14)18)16(23)9-10-20-17(19)22-11-5-2-6-12-22/h3-4,7-8H,2,5-6,9-13H2,1H3,(H2,19,20). The zero-order valence-corrected chi connectivity index (χ0v) is 15.3. The molecular weight excluding hydrogens is 356 g/mol. The van der Waals surface area contributed by atoms with Gasteiger partial charge in [-0.1, -0.05) is 34.1 Å². The van der Waals surface area contributed by atoms with Crippen LogP contribution in [0.3, 0.4) is 0 Å². The van der Waals surface area contributed by atoms with Crippen molar-refractivity contribution in [1.29, 1.82) is 0 Å². The van der Waals surface area contributed by atoms with Crippen molar-refractivity contribution in [1.82, 2.24) is 9.80 Å². The summed E-state index contributed by atoms with van der Waals surface area (Å²) in [5.74, 6) is 0.655. The smallest absolute Gasteiger partial charge is 0.224 e. The van der Waals surface area contributed by atoms with Crippen LogP contribution >= 0.6 is 15.9 Å². The molecule has 0 atom stereocenters. The number of benzene rings is 1. The van der Waals surface area contributed by atoms with Gasteiger partial charge in [-0.15, -0.1) is 0 Å². The fourth-order valence-electron chi connectivity index (χ4n) is 2.65. The summed E-state index contributed by atoms with van der Waals surface area (Å²) in [5.41, 5.74) is 7.10. The first kappa shape index (κ1) is 17.8. The summed E-state index contributed by atoms with van der Waals surface area (Å²) in [6.45, 7) is 2.99. The molecule has 6 heteroatoms. The average Bonchev–Trinajstić information content (AvgIpc) is 2.57. The van der Waals surface area contributed by atoms with E-state index in [1.165, 1.54) is 19.3 Å². The molecule has 23 heavy (non-hydrogen) atoms. The first-order chi connectivity index (χ1) is 11.1. The molecule has 0 bridgehead atoms. The molecule has 1 aliphatic rings. The number of carbonyl (C=O) groups is 1. The molecule has 1 aliphatic heterocycles. The third-order valence-corrected chi connectivity index (χ3v) is 4.84. The molecule has 0 aliphatic carbocycles. The molecule has 0 unspecified atom stereocenters. The van der Waals surface area contributed by atoms with Crippen LogP contribution in [-0.4, -0.2) is 48.3 Å². The Kier molecular flexibility index (Phi) is 6.89. The Balaban J connectivity index is 1.78. The van der Waals surface area contributed by atoms with Crippen LogP contribution in [0.2, 0.25) is 0 Å². The van der Waals surface area contributed by atoms with E-state index in [9.17, 15) is 4.79 Å². The van der Waals surface area contributed by atoms with Crippen molar-refractivity contribution < 1.29 is 4.79 Å². The number of aliphatic imine (C=N–C) groups is 1. The van der Waals surface area contributed by atoms with E-state index in [1.807, 2.05) is 31.3 Å². The lowest BCUT2D eigenvalue weighted by atomic mass is 10.1. The van der Waals surface area contributed by atoms with Crippen LogP contribution in [0, 0.1) is 0 Å². The average molecular weight is 381 g/mol. The Hall–Kier alpha value is -1.56. The highest BCUT2D eigenvalue weighted by atomic mass is 79.9. The topological polar surface area (TPSA) is 61.9 Å². The second kappa shape index (κ2) is 8.91. The van der Waals surface area contributed by atoms with E-state index in [1.54, 1.807) is 4.90 Å². The van der Waals surface area contributed by atoms with Gasteiger partial charge in [0.2, 0.25) is 5.91 Å². The number of hydrogen-bond acceptors (Lipinski definition) is 2. The van der Waals surface area contributed by atoms with Crippen LogP contribution in [0.5, 0.6) is 0 Å². The van der Waals surface area contributed by atoms with E-state index in [-0.39, 0.29) is 5.91 Å². The van der Waals surface area contributed by atoms with Crippen LogP contribution in [0.4, 0.5) is 0 Å². The van der Waals surface area contributed by atoms with Crippen molar-refractivity contribution in [2.75, 3.05) is 26.7 Å². The van der Waals surface area contributed by atoms with E-state index < -0.39 is 0 Å². The number of nitrogens with two attached hydrogens (primary N) is 1.